The molecule has 0 spiro atoms. The fourth-order valence-corrected chi connectivity index (χ4v) is 1.84. The second kappa shape index (κ2) is 6.17. The van der Waals surface area contributed by atoms with Gasteiger partial charge in [0.05, 0.1) is 0 Å². The van der Waals surface area contributed by atoms with E-state index in [1.807, 2.05) is 24.3 Å². The van der Waals surface area contributed by atoms with Gasteiger partial charge in [0.15, 0.2) is 0 Å². The van der Waals surface area contributed by atoms with Crippen LogP contribution in [0, 0.1) is 0 Å². The van der Waals surface area contributed by atoms with Gasteiger partial charge in [-0.1, -0.05) is 26.0 Å². The molecule has 0 atom stereocenters. The molecule has 2 aromatic rings. The molecule has 0 saturated carbocycles. The largest absolute Gasteiger partial charge is 0.477 e. The first-order valence-corrected chi connectivity index (χ1v) is 6.58. The maximum Gasteiger partial charge on any atom is 0.354 e. The van der Waals surface area contributed by atoms with Gasteiger partial charge in [-0.25, -0.2) is 9.78 Å². The summed E-state index contributed by atoms with van der Waals surface area (Å²) in [4.78, 5) is 26.6. The van der Waals surface area contributed by atoms with Crippen molar-refractivity contribution in [2.45, 2.75) is 19.8 Å². The average molecular weight is 284 g/mol. The molecule has 0 bridgehead atoms. The molecule has 2 rings (SSSR count). The highest BCUT2D eigenvalue weighted by Gasteiger charge is 2.11. The lowest BCUT2D eigenvalue weighted by atomic mass is 10.0. The number of aromatic carboxylic acids is 1. The molecule has 1 amide bonds. The molecule has 0 unspecified atom stereocenters. The minimum Gasteiger partial charge on any atom is -0.477 e. The number of hydrogen-bond acceptors (Lipinski definition) is 3. The number of nitrogens with one attached hydrogen (secondary N) is 1. The van der Waals surface area contributed by atoms with Crippen molar-refractivity contribution >= 4 is 17.6 Å². The molecule has 0 fully saturated rings. The summed E-state index contributed by atoms with van der Waals surface area (Å²) in [5.41, 5.74) is 1.95. The maximum absolute atomic E-state index is 12.1. The summed E-state index contributed by atoms with van der Waals surface area (Å²) in [5.74, 6) is -1.10. The molecule has 0 aliphatic carbocycles. The lowest BCUT2D eigenvalue weighted by molar-refractivity contribution is 0.0690. The lowest BCUT2D eigenvalue weighted by Gasteiger charge is -2.08. The Morgan fingerprint density at radius 3 is 2.38 bits per heavy atom. The molecular formula is C16H16N2O3. The number of pyridine rings is 1. The van der Waals surface area contributed by atoms with Crippen LogP contribution >= 0.6 is 0 Å². The normalized spacial score (nSPS) is 10.4. The number of aromatic nitrogens is 1. The van der Waals surface area contributed by atoms with Crippen molar-refractivity contribution in [2.24, 2.45) is 0 Å². The van der Waals surface area contributed by atoms with Gasteiger partial charge in [-0.2, -0.15) is 0 Å². The van der Waals surface area contributed by atoms with Gasteiger partial charge in [-0.05, 0) is 35.7 Å². The van der Waals surface area contributed by atoms with Crippen LogP contribution in [0.2, 0.25) is 0 Å². The van der Waals surface area contributed by atoms with Gasteiger partial charge in [-0.3, -0.25) is 4.79 Å². The van der Waals surface area contributed by atoms with E-state index in [1.165, 1.54) is 23.9 Å². The van der Waals surface area contributed by atoms with Crippen LogP contribution in [0.15, 0.2) is 42.6 Å². The van der Waals surface area contributed by atoms with Gasteiger partial charge in [0.2, 0.25) is 0 Å². The third-order valence-corrected chi connectivity index (χ3v) is 3.08. The van der Waals surface area contributed by atoms with E-state index in [9.17, 15) is 9.59 Å². The topological polar surface area (TPSA) is 79.3 Å². The number of carbonyl (C=O) groups is 2. The lowest BCUT2D eigenvalue weighted by Crippen LogP contribution is -2.13. The van der Waals surface area contributed by atoms with E-state index in [4.69, 9.17) is 5.11 Å². The monoisotopic (exact) mass is 284 g/mol. The van der Waals surface area contributed by atoms with Crippen LogP contribution < -0.4 is 5.32 Å². The zero-order valence-corrected chi connectivity index (χ0v) is 11.8. The van der Waals surface area contributed by atoms with Gasteiger partial charge in [-0.15, -0.1) is 0 Å². The van der Waals surface area contributed by atoms with E-state index in [2.05, 4.69) is 24.1 Å². The molecule has 0 saturated heterocycles. The van der Waals surface area contributed by atoms with Crippen molar-refractivity contribution in [3.05, 3.63) is 59.4 Å². The number of anilines is 1. The van der Waals surface area contributed by atoms with Gasteiger partial charge >= 0.3 is 5.97 Å². The average Bonchev–Trinajstić information content (AvgIpc) is 2.48. The molecule has 5 heteroatoms. The number of amides is 1. The highest BCUT2D eigenvalue weighted by Crippen LogP contribution is 2.17. The molecule has 0 aliphatic heterocycles. The molecule has 1 heterocycles. The molecular weight excluding hydrogens is 268 g/mol. The minimum atomic E-state index is -1.16. The number of carboxylic acid groups (broad SMARTS) is 1. The number of benzene rings is 1. The first kappa shape index (κ1) is 14.7. The second-order valence-electron chi connectivity index (χ2n) is 4.97. The van der Waals surface area contributed by atoms with Crippen molar-refractivity contribution in [2.75, 3.05) is 5.32 Å². The quantitative estimate of drug-likeness (QED) is 0.903. The van der Waals surface area contributed by atoms with E-state index in [0.717, 1.165) is 0 Å². The fourth-order valence-electron chi connectivity index (χ4n) is 1.84. The first-order valence-electron chi connectivity index (χ1n) is 6.58. The third kappa shape index (κ3) is 3.66. The van der Waals surface area contributed by atoms with Gasteiger partial charge in [0.1, 0.15) is 5.69 Å². The summed E-state index contributed by atoms with van der Waals surface area (Å²) in [6.45, 7) is 4.19. The Bertz CT molecular complexity index is 663. The van der Waals surface area contributed by atoms with E-state index < -0.39 is 5.97 Å². The van der Waals surface area contributed by atoms with Crippen molar-refractivity contribution in [1.29, 1.82) is 0 Å². The van der Waals surface area contributed by atoms with Crippen molar-refractivity contribution < 1.29 is 14.7 Å². The van der Waals surface area contributed by atoms with Crippen LogP contribution in [0.25, 0.3) is 0 Å². The summed E-state index contributed by atoms with van der Waals surface area (Å²) < 4.78 is 0. The van der Waals surface area contributed by atoms with Crippen LogP contribution in [0.5, 0.6) is 0 Å². The Labute approximate surface area is 122 Å². The Morgan fingerprint density at radius 1 is 1.14 bits per heavy atom. The summed E-state index contributed by atoms with van der Waals surface area (Å²) in [6.07, 6.45) is 1.31. The van der Waals surface area contributed by atoms with Gasteiger partial charge in [0, 0.05) is 17.4 Å². The van der Waals surface area contributed by atoms with Crippen molar-refractivity contribution in [1.82, 2.24) is 4.98 Å². The summed E-state index contributed by atoms with van der Waals surface area (Å²) in [5, 5.41) is 11.6. The highest BCUT2D eigenvalue weighted by molar-refractivity contribution is 6.05. The van der Waals surface area contributed by atoms with Gasteiger partial charge < -0.3 is 10.4 Å². The molecule has 0 radical (unpaired) electrons. The summed E-state index contributed by atoms with van der Waals surface area (Å²) in [7, 11) is 0. The molecule has 2 N–H and O–H groups in total. The molecule has 0 aliphatic rings. The highest BCUT2D eigenvalue weighted by atomic mass is 16.4. The zero-order chi connectivity index (χ0) is 15.4. The van der Waals surface area contributed by atoms with Crippen LogP contribution in [0.4, 0.5) is 5.69 Å². The SMILES string of the molecule is CC(C)c1ccc(NC(=O)c2ccnc(C(=O)O)c2)cc1. The molecule has 1 aromatic heterocycles. The van der Waals surface area contributed by atoms with Gasteiger partial charge in [0.25, 0.3) is 5.91 Å². The molecule has 21 heavy (non-hydrogen) atoms. The molecule has 5 nitrogen and oxygen atoms in total. The predicted molar refractivity (Wildman–Crippen MR) is 79.7 cm³/mol. The first-order chi connectivity index (χ1) is 9.97. The third-order valence-electron chi connectivity index (χ3n) is 3.08. The minimum absolute atomic E-state index is 0.155. The Balaban J connectivity index is 2.14. The van der Waals surface area contributed by atoms with E-state index in [1.54, 1.807) is 0 Å². The van der Waals surface area contributed by atoms with E-state index in [-0.39, 0.29) is 17.2 Å². The Kier molecular flexibility index (Phi) is 4.33. The molecule has 1 aromatic carbocycles. The smallest absolute Gasteiger partial charge is 0.354 e. The number of nitrogens with zero attached hydrogens (tertiary/aromatic N) is 1. The number of rotatable bonds is 4. The Morgan fingerprint density at radius 2 is 1.81 bits per heavy atom. The predicted octanol–water partition coefficient (Wildman–Crippen LogP) is 3.16. The standard InChI is InChI=1S/C16H16N2O3/c1-10(2)11-3-5-13(6-4-11)18-15(19)12-7-8-17-14(9-12)16(20)21/h3-10H,1-2H3,(H,18,19)(H,20,21). The summed E-state index contributed by atoms with van der Waals surface area (Å²) in [6, 6.07) is 10.3. The molecule has 108 valence electrons. The number of hydrogen-bond donors (Lipinski definition) is 2. The Hall–Kier alpha value is -2.69. The van der Waals surface area contributed by atoms with Crippen molar-refractivity contribution in [3.63, 3.8) is 0 Å². The fraction of sp³-hybridized carbons (Fsp3) is 0.188. The van der Waals surface area contributed by atoms with Crippen LogP contribution in [0.1, 0.15) is 46.2 Å². The van der Waals surface area contributed by atoms with Crippen molar-refractivity contribution in [3.8, 4) is 0 Å². The summed E-state index contributed by atoms with van der Waals surface area (Å²) >= 11 is 0. The second-order valence-corrected chi connectivity index (χ2v) is 4.97. The number of carbonyl (C=O) groups excluding carboxylic acids is 1. The van der Waals surface area contributed by atoms with Crippen LogP contribution in [-0.2, 0) is 0 Å². The van der Waals surface area contributed by atoms with E-state index >= 15 is 0 Å². The maximum atomic E-state index is 12.1. The van der Waals surface area contributed by atoms with E-state index in [0.29, 0.717) is 11.6 Å². The van der Waals surface area contributed by atoms with Crippen LogP contribution in [-0.4, -0.2) is 22.0 Å². The zero-order valence-electron chi connectivity index (χ0n) is 11.8. The number of carboxylic acids is 1. The van der Waals surface area contributed by atoms with Crippen LogP contribution in [0.3, 0.4) is 0 Å².